The number of fused-ring (bicyclic) bond motifs is 1. The van der Waals surface area contributed by atoms with Gasteiger partial charge in [-0.05, 0) is 101 Å². The minimum absolute atomic E-state index is 0.124. The van der Waals surface area contributed by atoms with Crippen LogP contribution in [0.3, 0.4) is 0 Å². The topological polar surface area (TPSA) is 145 Å². The minimum Gasteiger partial charge on any atom is -0.475 e. The van der Waals surface area contributed by atoms with Gasteiger partial charge in [0, 0.05) is 12.5 Å². The third-order valence-electron chi connectivity index (χ3n) is 9.38. The summed E-state index contributed by atoms with van der Waals surface area (Å²) < 4.78 is 38.0. The molecule has 5 aliphatic rings. The Morgan fingerprint density at radius 2 is 1.59 bits per heavy atom. The van der Waals surface area contributed by atoms with Crippen molar-refractivity contribution in [1.82, 2.24) is 20.4 Å². The van der Waals surface area contributed by atoms with E-state index in [0.29, 0.717) is 35.3 Å². The molecule has 3 N–H and O–H groups in total. The fourth-order valence-corrected chi connectivity index (χ4v) is 6.90. The number of carboxylic acid groups (broad SMARTS) is 1. The van der Waals surface area contributed by atoms with E-state index in [0.717, 1.165) is 80.7 Å². The number of ether oxygens (including phenoxy) is 1. The Hall–Kier alpha value is -3.36. The van der Waals surface area contributed by atoms with Gasteiger partial charge in [0.1, 0.15) is 6.04 Å². The van der Waals surface area contributed by atoms with E-state index >= 15 is 0 Å². The van der Waals surface area contributed by atoms with Crippen LogP contribution in [0.15, 0.2) is 12.1 Å². The van der Waals surface area contributed by atoms with Crippen LogP contribution in [-0.2, 0) is 19.1 Å². The second-order valence-electron chi connectivity index (χ2n) is 12.1. The van der Waals surface area contributed by atoms with Crippen LogP contribution in [0.5, 0.6) is 0 Å². The Morgan fingerprint density at radius 1 is 0.955 bits per heavy atom. The molecule has 1 aromatic carbocycles. The first kappa shape index (κ1) is 32.0. The molecule has 14 heteroatoms. The zero-order valence-electron chi connectivity index (χ0n) is 24.5. The summed E-state index contributed by atoms with van der Waals surface area (Å²) in [6.07, 6.45) is 2.56. The highest BCUT2D eigenvalue weighted by atomic mass is 19.4. The molecule has 4 fully saturated rings. The van der Waals surface area contributed by atoms with Crippen molar-refractivity contribution in [1.29, 1.82) is 0 Å². The minimum atomic E-state index is -5.08. The number of imide groups is 2. The molecule has 4 amide bonds. The number of carbonyl (C=O) groups excluding carboxylic acids is 4. The third-order valence-corrected chi connectivity index (χ3v) is 9.38. The molecule has 240 valence electrons. The Morgan fingerprint density at radius 3 is 2.18 bits per heavy atom. The van der Waals surface area contributed by atoms with Crippen LogP contribution in [0.4, 0.5) is 13.2 Å². The smallest absolute Gasteiger partial charge is 0.475 e. The van der Waals surface area contributed by atoms with Gasteiger partial charge in [-0.15, -0.1) is 0 Å². The third kappa shape index (κ3) is 6.66. The van der Waals surface area contributed by atoms with Gasteiger partial charge < -0.3 is 20.1 Å². The van der Waals surface area contributed by atoms with Gasteiger partial charge in [-0.25, -0.2) is 4.79 Å². The molecule has 0 radical (unpaired) electrons. The first-order valence-corrected chi connectivity index (χ1v) is 15.1. The number of benzene rings is 1. The molecule has 1 saturated carbocycles. The van der Waals surface area contributed by atoms with E-state index in [2.05, 4.69) is 15.5 Å². The molecule has 0 aromatic heterocycles. The van der Waals surface area contributed by atoms with E-state index in [1.807, 2.05) is 13.0 Å². The highest BCUT2D eigenvalue weighted by Crippen LogP contribution is 2.39. The second-order valence-corrected chi connectivity index (χ2v) is 12.1. The van der Waals surface area contributed by atoms with Crippen molar-refractivity contribution in [3.8, 4) is 0 Å². The number of hydrogen-bond acceptors (Lipinski definition) is 8. The predicted octanol–water partition coefficient (Wildman–Crippen LogP) is 2.51. The number of piperidine rings is 3. The molecule has 0 bridgehead atoms. The number of nitrogens with one attached hydrogen (secondary N) is 2. The fraction of sp³-hybridized carbons (Fsp3) is 0.633. The number of hydrogen-bond donors (Lipinski definition) is 3. The molecule has 6 rings (SSSR count). The van der Waals surface area contributed by atoms with Gasteiger partial charge in [0.25, 0.3) is 11.8 Å². The van der Waals surface area contributed by atoms with Crippen molar-refractivity contribution in [2.24, 2.45) is 0 Å². The fourth-order valence-electron chi connectivity index (χ4n) is 6.90. The Bertz CT molecular complexity index is 1320. The molecule has 44 heavy (non-hydrogen) atoms. The number of likely N-dealkylation sites (tertiary alicyclic amines) is 1. The standard InChI is InChI=1S/C28H36N4O5.C2HF3O2/c1-16-21(2-3-22-25(16)28(36)32(27(22)35)23-4-5-24(33)30-26(23)34)17-8-12-31(13-9-17)18-14-20(15-18)37-19-6-10-29-11-7-19;3-2(4,5)1(6)7/h2-3,17-20,23,29H,4-15H2,1H3,(H,30,33,34);(H,6,7). The molecule has 1 unspecified atom stereocenters. The van der Waals surface area contributed by atoms with Gasteiger partial charge in [0.05, 0.1) is 23.3 Å². The first-order valence-electron chi connectivity index (χ1n) is 15.1. The number of rotatable bonds is 5. The highest BCUT2D eigenvalue weighted by Gasteiger charge is 2.46. The van der Waals surface area contributed by atoms with Gasteiger partial charge in [0.15, 0.2) is 0 Å². The maximum atomic E-state index is 13.4. The predicted molar refractivity (Wildman–Crippen MR) is 149 cm³/mol. The SMILES string of the molecule is Cc1c(C2CCN(C3CC(OC4CCNCC4)C3)CC2)ccc2c1C(=O)N(C1CCC(=O)NC1=O)C2=O.O=C(O)C(F)(F)F. The normalized spacial score (nSPS) is 26.9. The molecule has 1 aromatic rings. The number of halogens is 3. The summed E-state index contributed by atoms with van der Waals surface area (Å²) >= 11 is 0. The summed E-state index contributed by atoms with van der Waals surface area (Å²) in [7, 11) is 0. The summed E-state index contributed by atoms with van der Waals surface area (Å²) in [5, 5.41) is 12.8. The summed E-state index contributed by atoms with van der Waals surface area (Å²) in [6, 6.07) is 3.43. The molecule has 3 saturated heterocycles. The van der Waals surface area contributed by atoms with Crippen LogP contribution in [0.2, 0.25) is 0 Å². The molecule has 4 aliphatic heterocycles. The van der Waals surface area contributed by atoms with Crippen LogP contribution >= 0.6 is 0 Å². The van der Waals surface area contributed by atoms with Gasteiger partial charge in [-0.1, -0.05) is 6.07 Å². The van der Waals surface area contributed by atoms with Crippen molar-refractivity contribution in [3.63, 3.8) is 0 Å². The summed E-state index contributed by atoms with van der Waals surface area (Å²) in [5.74, 6) is -4.21. The number of nitrogens with zero attached hydrogens (tertiary/aromatic N) is 2. The zero-order valence-corrected chi connectivity index (χ0v) is 24.5. The van der Waals surface area contributed by atoms with E-state index in [4.69, 9.17) is 14.6 Å². The lowest BCUT2D eigenvalue weighted by atomic mass is 9.81. The Kier molecular flexibility index (Phi) is 9.42. The maximum absolute atomic E-state index is 13.4. The molecule has 0 spiro atoms. The van der Waals surface area contributed by atoms with Gasteiger partial charge in [-0.2, -0.15) is 13.2 Å². The van der Waals surface area contributed by atoms with Crippen LogP contribution in [0, 0.1) is 6.92 Å². The van der Waals surface area contributed by atoms with E-state index < -0.39 is 35.9 Å². The van der Waals surface area contributed by atoms with Crippen LogP contribution in [0.1, 0.15) is 89.1 Å². The van der Waals surface area contributed by atoms with E-state index in [1.165, 1.54) is 0 Å². The van der Waals surface area contributed by atoms with Crippen molar-refractivity contribution in [2.45, 2.75) is 94.7 Å². The van der Waals surface area contributed by atoms with E-state index in [-0.39, 0.29) is 18.7 Å². The molecule has 11 nitrogen and oxygen atoms in total. The zero-order chi connectivity index (χ0) is 31.8. The molecular formula is C30H37F3N4O7. The number of amides is 4. The molecular weight excluding hydrogens is 585 g/mol. The second kappa shape index (κ2) is 12.9. The quantitative estimate of drug-likeness (QED) is 0.422. The van der Waals surface area contributed by atoms with Crippen molar-refractivity contribution < 1.29 is 47.0 Å². The number of alkyl halides is 3. The van der Waals surface area contributed by atoms with E-state index in [1.54, 1.807) is 6.07 Å². The lowest BCUT2D eigenvalue weighted by Crippen LogP contribution is -2.54. The maximum Gasteiger partial charge on any atom is 0.490 e. The monoisotopic (exact) mass is 622 g/mol. The van der Waals surface area contributed by atoms with Gasteiger partial charge in [-0.3, -0.25) is 29.4 Å². The summed E-state index contributed by atoms with van der Waals surface area (Å²) in [5.41, 5.74) is 2.77. The summed E-state index contributed by atoms with van der Waals surface area (Å²) in [6.45, 7) is 6.10. The van der Waals surface area contributed by atoms with Crippen LogP contribution in [-0.4, -0.2) is 101 Å². The van der Waals surface area contributed by atoms with Crippen LogP contribution < -0.4 is 10.6 Å². The summed E-state index contributed by atoms with van der Waals surface area (Å²) in [4.78, 5) is 62.9. The average Bonchev–Trinajstić information content (AvgIpc) is 3.21. The lowest BCUT2D eigenvalue weighted by Gasteiger charge is -2.46. The molecule has 4 heterocycles. The average molecular weight is 623 g/mol. The van der Waals surface area contributed by atoms with Crippen LogP contribution in [0.25, 0.3) is 0 Å². The van der Waals surface area contributed by atoms with Crippen molar-refractivity contribution >= 4 is 29.6 Å². The lowest BCUT2D eigenvalue weighted by molar-refractivity contribution is -0.192. The van der Waals surface area contributed by atoms with Crippen molar-refractivity contribution in [2.75, 3.05) is 26.2 Å². The largest absolute Gasteiger partial charge is 0.490 e. The Balaban J connectivity index is 0.000000493. The molecule has 1 atom stereocenters. The van der Waals surface area contributed by atoms with Gasteiger partial charge in [0.2, 0.25) is 11.8 Å². The first-order chi connectivity index (χ1) is 20.8. The number of carbonyl (C=O) groups is 5. The number of carboxylic acids is 1. The number of aliphatic carboxylic acids is 1. The van der Waals surface area contributed by atoms with E-state index in [9.17, 15) is 32.3 Å². The van der Waals surface area contributed by atoms with Gasteiger partial charge >= 0.3 is 12.1 Å². The molecule has 1 aliphatic carbocycles. The highest BCUT2D eigenvalue weighted by molar-refractivity contribution is 6.24. The Labute approximate surface area is 252 Å². The van der Waals surface area contributed by atoms with Crippen molar-refractivity contribution in [3.05, 3.63) is 34.4 Å².